The van der Waals surface area contributed by atoms with Crippen molar-refractivity contribution < 1.29 is 22.7 Å². The number of amides is 1. The summed E-state index contributed by atoms with van der Waals surface area (Å²) in [5.74, 6) is -0.636. The van der Waals surface area contributed by atoms with Crippen molar-refractivity contribution in [1.82, 2.24) is 10.2 Å². The lowest BCUT2D eigenvalue weighted by atomic mass is 9.90. The second-order valence-corrected chi connectivity index (χ2v) is 6.38. The Labute approximate surface area is 145 Å². The molecule has 0 aliphatic heterocycles. The molecule has 0 bridgehead atoms. The summed E-state index contributed by atoms with van der Waals surface area (Å²) in [5.41, 5.74) is -0.217. The summed E-state index contributed by atoms with van der Waals surface area (Å²) < 4.78 is 40.2. The summed E-state index contributed by atoms with van der Waals surface area (Å²) >= 11 is 0. The van der Waals surface area contributed by atoms with Crippen molar-refractivity contribution in [2.75, 3.05) is 13.6 Å². The van der Waals surface area contributed by atoms with Crippen LogP contribution in [0.4, 0.5) is 13.2 Å². The zero-order valence-corrected chi connectivity index (χ0v) is 14.6. The fraction of sp³-hybridized carbons (Fsp3) is 0.529. The van der Waals surface area contributed by atoms with Gasteiger partial charge in [0.2, 0.25) is 5.91 Å². The lowest BCUT2D eigenvalue weighted by Crippen LogP contribution is -2.51. The number of nitrogens with zero attached hydrogens (tertiary/aromatic N) is 2. The number of alkyl halides is 3. The zero-order chi connectivity index (χ0) is 19.3. The van der Waals surface area contributed by atoms with Crippen molar-refractivity contribution in [3.63, 3.8) is 0 Å². The van der Waals surface area contributed by atoms with E-state index in [4.69, 9.17) is 0 Å². The van der Waals surface area contributed by atoms with Crippen LogP contribution < -0.4 is 10.1 Å². The van der Waals surface area contributed by atoms with E-state index < -0.39 is 11.9 Å². The van der Waals surface area contributed by atoms with Gasteiger partial charge in [0, 0.05) is 6.54 Å². The van der Waals surface area contributed by atoms with E-state index >= 15 is 0 Å². The van der Waals surface area contributed by atoms with Gasteiger partial charge < -0.3 is 10.1 Å². The molecule has 1 aromatic carbocycles. The molecule has 0 saturated heterocycles. The van der Waals surface area contributed by atoms with Crippen molar-refractivity contribution in [1.29, 1.82) is 5.26 Å². The van der Waals surface area contributed by atoms with Crippen LogP contribution in [0.15, 0.2) is 24.3 Å². The van der Waals surface area contributed by atoms with Gasteiger partial charge in [-0.3, -0.25) is 9.69 Å². The largest absolute Gasteiger partial charge is 0.573 e. The minimum Gasteiger partial charge on any atom is -0.406 e. The van der Waals surface area contributed by atoms with Crippen molar-refractivity contribution >= 4 is 5.91 Å². The van der Waals surface area contributed by atoms with E-state index in [1.54, 1.807) is 18.9 Å². The Morgan fingerprint density at radius 3 is 2.32 bits per heavy atom. The van der Waals surface area contributed by atoms with Crippen LogP contribution in [-0.2, 0) is 11.3 Å². The summed E-state index contributed by atoms with van der Waals surface area (Å²) in [6.07, 6.45) is -4.72. The smallest absolute Gasteiger partial charge is 0.406 e. The molecule has 5 nitrogen and oxygen atoms in total. The molecule has 1 N–H and O–H groups in total. The monoisotopic (exact) mass is 357 g/mol. The highest BCUT2D eigenvalue weighted by atomic mass is 19.4. The lowest BCUT2D eigenvalue weighted by molar-refractivity contribution is -0.274. The predicted octanol–water partition coefficient (Wildman–Crippen LogP) is 3.07. The highest BCUT2D eigenvalue weighted by molar-refractivity contribution is 5.79. The van der Waals surface area contributed by atoms with E-state index in [0.29, 0.717) is 6.54 Å². The first kappa shape index (κ1) is 20.8. The molecule has 1 amide bonds. The first-order valence-corrected chi connectivity index (χ1v) is 7.70. The maximum Gasteiger partial charge on any atom is 0.573 e. The molecule has 1 atom stereocenters. The molecule has 0 aliphatic carbocycles. The van der Waals surface area contributed by atoms with Crippen LogP contribution in [-0.4, -0.2) is 36.3 Å². The van der Waals surface area contributed by atoms with Crippen LogP contribution in [0.3, 0.4) is 0 Å². The number of hydrogen-bond acceptors (Lipinski definition) is 4. The average Bonchev–Trinajstić information content (AvgIpc) is 2.47. The standard InChI is InChI=1S/C17H22F3N3O2/c1-12(2)16(3,11-21)22-15(24)10-23(4)9-13-5-7-14(8-6-13)25-17(18,19)20/h5-8,12H,9-10H2,1-4H3,(H,22,24). The number of hydrogen-bond donors (Lipinski definition) is 1. The molecule has 25 heavy (non-hydrogen) atoms. The third-order valence-electron chi connectivity index (χ3n) is 3.81. The van der Waals surface area contributed by atoms with E-state index in [2.05, 4.69) is 16.1 Å². The number of benzene rings is 1. The Morgan fingerprint density at radius 1 is 1.32 bits per heavy atom. The Morgan fingerprint density at radius 2 is 1.88 bits per heavy atom. The summed E-state index contributed by atoms with van der Waals surface area (Å²) in [6.45, 7) is 5.78. The van der Waals surface area contributed by atoms with Crippen molar-refractivity contribution in [2.24, 2.45) is 5.92 Å². The van der Waals surface area contributed by atoms with Gasteiger partial charge in [-0.1, -0.05) is 26.0 Å². The van der Waals surface area contributed by atoms with E-state index in [0.717, 1.165) is 5.56 Å². The molecule has 0 aromatic heterocycles. The van der Waals surface area contributed by atoms with Gasteiger partial charge in [0.05, 0.1) is 12.6 Å². The third kappa shape index (κ3) is 7.01. The maximum atomic E-state index is 12.1. The summed E-state index contributed by atoms with van der Waals surface area (Å²) in [7, 11) is 1.71. The molecule has 0 spiro atoms. The Hall–Kier alpha value is -2.27. The number of nitrogens with one attached hydrogen (secondary N) is 1. The van der Waals surface area contributed by atoms with E-state index in [1.165, 1.54) is 24.3 Å². The van der Waals surface area contributed by atoms with Crippen LogP contribution in [0.5, 0.6) is 5.75 Å². The molecule has 0 saturated carbocycles. The SMILES string of the molecule is CC(C)C(C)(C#N)NC(=O)CN(C)Cc1ccc(OC(F)(F)F)cc1. The van der Waals surface area contributed by atoms with Crippen LogP contribution in [0, 0.1) is 17.2 Å². The van der Waals surface area contributed by atoms with Gasteiger partial charge in [0.25, 0.3) is 0 Å². The fourth-order valence-electron chi connectivity index (χ4n) is 2.04. The van der Waals surface area contributed by atoms with Gasteiger partial charge in [-0.2, -0.15) is 5.26 Å². The molecular formula is C17H22F3N3O2. The number of ether oxygens (including phenoxy) is 1. The molecular weight excluding hydrogens is 335 g/mol. The van der Waals surface area contributed by atoms with Gasteiger partial charge in [-0.15, -0.1) is 13.2 Å². The first-order valence-electron chi connectivity index (χ1n) is 7.70. The van der Waals surface area contributed by atoms with E-state index in [-0.39, 0.29) is 24.1 Å². The van der Waals surface area contributed by atoms with Gasteiger partial charge >= 0.3 is 6.36 Å². The number of halogens is 3. The maximum absolute atomic E-state index is 12.1. The Balaban J connectivity index is 2.58. The minimum absolute atomic E-state index is 0.0482. The van der Waals surface area contributed by atoms with Crippen molar-refractivity contribution in [3.8, 4) is 11.8 Å². The topological polar surface area (TPSA) is 65.4 Å². The number of carbonyl (C=O) groups is 1. The predicted molar refractivity (Wildman–Crippen MR) is 86.5 cm³/mol. The van der Waals surface area contributed by atoms with E-state index in [1.807, 2.05) is 13.8 Å². The molecule has 1 aromatic rings. The summed E-state index contributed by atoms with van der Waals surface area (Å²) in [5, 5.41) is 11.9. The highest BCUT2D eigenvalue weighted by Gasteiger charge is 2.31. The number of rotatable bonds is 7. The first-order chi connectivity index (χ1) is 11.4. The fourth-order valence-corrected chi connectivity index (χ4v) is 2.04. The molecule has 0 fully saturated rings. The number of carbonyl (C=O) groups excluding carboxylic acids is 1. The number of nitriles is 1. The molecule has 138 valence electrons. The normalized spacial score (nSPS) is 14.1. The zero-order valence-electron chi connectivity index (χ0n) is 14.6. The third-order valence-corrected chi connectivity index (χ3v) is 3.81. The van der Waals surface area contributed by atoms with Gasteiger partial charge in [0.15, 0.2) is 0 Å². The Bertz CT molecular complexity index is 624. The lowest BCUT2D eigenvalue weighted by Gasteiger charge is -2.28. The minimum atomic E-state index is -4.72. The van der Waals surface area contributed by atoms with Gasteiger partial charge in [-0.05, 0) is 37.6 Å². The van der Waals surface area contributed by atoms with Crippen LogP contribution >= 0.6 is 0 Å². The van der Waals surface area contributed by atoms with Crippen molar-refractivity contribution in [3.05, 3.63) is 29.8 Å². The summed E-state index contributed by atoms with van der Waals surface area (Å²) in [6, 6.07) is 7.56. The van der Waals surface area contributed by atoms with Crippen molar-refractivity contribution in [2.45, 2.75) is 39.2 Å². The molecule has 0 heterocycles. The molecule has 0 radical (unpaired) electrons. The van der Waals surface area contributed by atoms with Crippen LogP contribution in [0.2, 0.25) is 0 Å². The molecule has 1 rings (SSSR count). The van der Waals surface area contributed by atoms with E-state index in [9.17, 15) is 23.2 Å². The molecule has 8 heteroatoms. The van der Waals surface area contributed by atoms with Crippen LogP contribution in [0.1, 0.15) is 26.3 Å². The highest BCUT2D eigenvalue weighted by Crippen LogP contribution is 2.23. The van der Waals surface area contributed by atoms with Gasteiger partial charge in [-0.25, -0.2) is 0 Å². The second kappa shape index (κ2) is 8.21. The Kier molecular flexibility index (Phi) is 6.82. The average molecular weight is 357 g/mol. The number of likely N-dealkylation sites (N-methyl/N-ethyl adjacent to an activating group) is 1. The van der Waals surface area contributed by atoms with Gasteiger partial charge in [0.1, 0.15) is 11.3 Å². The molecule has 1 unspecified atom stereocenters. The van der Waals surface area contributed by atoms with Crippen LogP contribution in [0.25, 0.3) is 0 Å². The quantitative estimate of drug-likeness (QED) is 0.814. The summed E-state index contributed by atoms with van der Waals surface area (Å²) in [4.78, 5) is 13.8. The molecule has 0 aliphatic rings. The second-order valence-electron chi connectivity index (χ2n) is 6.38.